The van der Waals surface area contributed by atoms with E-state index in [1.54, 1.807) is 0 Å². The van der Waals surface area contributed by atoms with Gasteiger partial charge in [-0.25, -0.2) is 4.98 Å². The third kappa shape index (κ3) is 5.18. The van der Waals surface area contributed by atoms with Crippen molar-refractivity contribution in [1.82, 2.24) is 9.36 Å². The fraction of sp³-hybridized carbons (Fsp3) is 0.800. The van der Waals surface area contributed by atoms with Crippen LogP contribution in [0.25, 0.3) is 0 Å². The molecule has 0 aromatic carbocycles. The van der Waals surface area contributed by atoms with Gasteiger partial charge in [-0.3, -0.25) is 0 Å². The van der Waals surface area contributed by atoms with Gasteiger partial charge in [0.05, 0.1) is 0 Å². The lowest BCUT2D eigenvalue weighted by molar-refractivity contribution is 0.552. The summed E-state index contributed by atoms with van der Waals surface area (Å²) >= 11 is 9.01. The minimum Gasteiger partial charge on any atom is -0.213 e. The maximum Gasteiger partial charge on any atom is 0.170 e. The summed E-state index contributed by atoms with van der Waals surface area (Å²) in [4.78, 5) is 4.42. The summed E-state index contributed by atoms with van der Waals surface area (Å²) in [6, 6.07) is 0. The highest BCUT2D eigenvalue weighted by atomic mass is 35.5. The molecule has 1 heterocycles. The van der Waals surface area contributed by atoms with Gasteiger partial charge in [0.25, 0.3) is 0 Å². The second-order valence-electron chi connectivity index (χ2n) is 3.55. The minimum atomic E-state index is 0.716. The van der Waals surface area contributed by atoms with E-state index in [1.165, 1.54) is 18.0 Å². The first-order valence-corrected chi connectivity index (χ1v) is 7.57. The normalized spacial score (nSPS) is 13.0. The number of hydrogen-bond acceptors (Lipinski definition) is 4. The highest BCUT2D eigenvalue weighted by Gasteiger charge is 2.05. The van der Waals surface area contributed by atoms with E-state index >= 15 is 0 Å². The van der Waals surface area contributed by atoms with Gasteiger partial charge in [-0.05, 0) is 30.3 Å². The zero-order valence-electron chi connectivity index (χ0n) is 9.20. The molecule has 1 unspecified atom stereocenters. The van der Waals surface area contributed by atoms with Crippen LogP contribution in [0.1, 0.15) is 32.5 Å². The van der Waals surface area contributed by atoms with Crippen molar-refractivity contribution in [3.63, 3.8) is 0 Å². The van der Waals surface area contributed by atoms with E-state index < -0.39 is 0 Å². The summed E-state index contributed by atoms with van der Waals surface area (Å²) in [5, 5.41) is 0. The van der Waals surface area contributed by atoms with Gasteiger partial charge in [0.1, 0.15) is 5.82 Å². The van der Waals surface area contributed by atoms with E-state index in [0.717, 1.165) is 34.6 Å². The van der Waals surface area contributed by atoms with Crippen molar-refractivity contribution in [2.75, 3.05) is 11.6 Å². The van der Waals surface area contributed by atoms with Crippen LogP contribution in [-0.2, 0) is 6.42 Å². The monoisotopic (exact) mass is 264 g/mol. The Morgan fingerprint density at radius 2 is 2.27 bits per heavy atom. The molecule has 0 radical (unpaired) electrons. The smallest absolute Gasteiger partial charge is 0.170 e. The first kappa shape index (κ1) is 13.3. The number of alkyl halides is 1. The molecular formula is C10H17ClN2S2. The molecular weight excluding hydrogens is 248 g/mol. The minimum absolute atomic E-state index is 0.716. The number of thioether (sulfide) groups is 1. The molecule has 2 nitrogen and oxygen atoms in total. The van der Waals surface area contributed by atoms with Crippen LogP contribution in [0.4, 0.5) is 0 Å². The Labute approximate surface area is 105 Å². The lowest BCUT2D eigenvalue weighted by Gasteiger charge is -2.06. The van der Waals surface area contributed by atoms with E-state index in [1.807, 2.05) is 11.8 Å². The Morgan fingerprint density at radius 1 is 1.47 bits per heavy atom. The Balaban J connectivity index is 2.19. The predicted molar refractivity (Wildman–Crippen MR) is 69.1 cm³/mol. The van der Waals surface area contributed by atoms with Crippen molar-refractivity contribution in [3.05, 3.63) is 5.82 Å². The summed E-state index contributed by atoms with van der Waals surface area (Å²) in [6.45, 7) is 4.33. The summed E-state index contributed by atoms with van der Waals surface area (Å²) in [7, 11) is 0. The number of hydrogen-bond donors (Lipinski definition) is 0. The van der Waals surface area contributed by atoms with Gasteiger partial charge < -0.3 is 0 Å². The van der Waals surface area contributed by atoms with Gasteiger partial charge in [-0.1, -0.05) is 25.6 Å². The van der Waals surface area contributed by atoms with Gasteiger partial charge in [0, 0.05) is 18.1 Å². The summed E-state index contributed by atoms with van der Waals surface area (Å²) < 4.78 is 5.36. The van der Waals surface area contributed by atoms with Crippen molar-refractivity contribution in [3.8, 4) is 0 Å². The summed E-state index contributed by atoms with van der Waals surface area (Å²) in [5.74, 6) is 3.57. The van der Waals surface area contributed by atoms with E-state index in [2.05, 4.69) is 23.2 Å². The Kier molecular flexibility index (Phi) is 6.61. The van der Waals surface area contributed by atoms with Crippen molar-refractivity contribution < 1.29 is 0 Å². The number of halogens is 1. The number of nitrogens with zero attached hydrogens (tertiary/aromatic N) is 2. The third-order valence-corrected chi connectivity index (χ3v) is 4.33. The zero-order chi connectivity index (χ0) is 11.1. The van der Waals surface area contributed by atoms with Crippen molar-refractivity contribution in [2.45, 2.75) is 37.4 Å². The number of aryl methyl sites for hydroxylation is 1. The molecule has 1 aromatic heterocycles. The lowest BCUT2D eigenvalue weighted by Crippen LogP contribution is -1.97. The van der Waals surface area contributed by atoms with Crippen molar-refractivity contribution in [1.29, 1.82) is 0 Å². The SMILES string of the molecule is CCc1nsc(SCCC(C)CCCl)n1. The number of rotatable bonds is 7. The van der Waals surface area contributed by atoms with Crippen molar-refractivity contribution >= 4 is 34.9 Å². The van der Waals surface area contributed by atoms with Crippen LogP contribution < -0.4 is 0 Å². The molecule has 0 aliphatic rings. The molecule has 0 spiro atoms. The Bertz CT molecular complexity index is 278. The molecule has 0 bridgehead atoms. The molecule has 0 aliphatic carbocycles. The largest absolute Gasteiger partial charge is 0.213 e. The summed E-state index contributed by atoms with van der Waals surface area (Å²) in [6.07, 6.45) is 3.25. The van der Waals surface area contributed by atoms with Gasteiger partial charge >= 0.3 is 0 Å². The van der Waals surface area contributed by atoms with Crippen LogP contribution in [0.2, 0.25) is 0 Å². The van der Waals surface area contributed by atoms with Gasteiger partial charge in [-0.15, -0.1) is 11.6 Å². The molecule has 0 saturated carbocycles. The molecule has 0 amide bonds. The van der Waals surface area contributed by atoms with E-state index in [9.17, 15) is 0 Å². The molecule has 0 fully saturated rings. The fourth-order valence-corrected chi connectivity index (χ4v) is 3.43. The second-order valence-corrected chi connectivity index (χ2v) is 6.02. The highest BCUT2D eigenvalue weighted by molar-refractivity contribution is 8.00. The summed E-state index contributed by atoms with van der Waals surface area (Å²) in [5.41, 5.74) is 0. The van der Waals surface area contributed by atoms with Crippen LogP contribution in [0, 0.1) is 5.92 Å². The molecule has 1 aromatic rings. The van der Waals surface area contributed by atoms with E-state index in [4.69, 9.17) is 11.6 Å². The van der Waals surface area contributed by atoms with E-state index in [0.29, 0.717) is 5.92 Å². The standard InChI is InChI=1S/C10H17ClN2S2/c1-3-9-12-10(15-13-9)14-7-5-8(2)4-6-11/h8H,3-7H2,1-2H3. The third-order valence-electron chi connectivity index (χ3n) is 2.20. The average molecular weight is 265 g/mol. The first-order chi connectivity index (χ1) is 7.26. The van der Waals surface area contributed by atoms with Gasteiger partial charge in [0.2, 0.25) is 0 Å². The molecule has 1 atom stereocenters. The highest BCUT2D eigenvalue weighted by Crippen LogP contribution is 2.23. The van der Waals surface area contributed by atoms with E-state index in [-0.39, 0.29) is 0 Å². The molecule has 86 valence electrons. The first-order valence-electron chi connectivity index (χ1n) is 5.27. The quantitative estimate of drug-likeness (QED) is 0.553. The van der Waals surface area contributed by atoms with Crippen LogP contribution in [0.3, 0.4) is 0 Å². The van der Waals surface area contributed by atoms with Crippen LogP contribution in [0.5, 0.6) is 0 Å². The fourth-order valence-electron chi connectivity index (χ4n) is 1.12. The number of aromatic nitrogens is 2. The van der Waals surface area contributed by atoms with Crippen LogP contribution in [0.15, 0.2) is 4.34 Å². The van der Waals surface area contributed by atoms with Gasteiger partial charge in [-0.2, -0.15) is 4.37 Å². The Hall–Kier alpha value is 0.200. The topological polar surface area (TPSA) is 25.8 Å². The van der Waals surface area contributed by atoms with Gasteiger partial charge in [0.15, 0.2) is 4.34 Å². The molecule has 1 rings (SSSR count). The molecule has 15 heavy (non-hydrogen) atoms. The lowest BCUT2D eigenvalue weighted by atomic mass is 10.1. The molecule has 0 aliphatic heterocycles. The van der Waals surface area contributed by atoms with Crippen LogP contribution >= 0.6 is 34.9 Å². The second kappa shape index (κ2) is 7.47. The maximum absolute atomic E-state index is 5.69. The maximum atomic E-state index is 5.69. The molecule has 0 N–H and O–H groups in total. The molecule has 0 saturated heterocycles. The van der Waals surface area contributed by atoms with Crippen LogP contribution in [-0.4, -0.2) is 21.0 Å². The molecule has 5 heteroatoms. The van der Waals surface area contributed by atoms with Crippen molar-refractivity contribution in [2.24, 2.45) is 5.92 Å². The average Bonchev–Trinajstić information content (AvgIpc) is 2.66. The Morgan fingerprint density at radius 3 is 2.87 bits per heavy atom. The zero-order valence-corrected chi connectivity index (χ0v) is 11.6. The predicted octanol–water partition coefficient (Wildman–Crippen LogP) is 3.85.